The van der Waals surface area contributed by atoms with Crippen LogP contribution in [-0.4, -0.2) is 117 Å². The maximum atomic E-state index is 14.0. The monoisotopic (exact) mass is 850 g/mol. The molecule has 3 aliphatic rings. The standard InChI is InChI=1S/C45H54N8O9/c1-8-28-12-16-34(53(28)43(55)37(23(3)59-5)50-44(56)57)40-46-20-33(48-40)26-10-13-29-27(17-26)21-62-36-19-30-25(18-31(29)36)11-14-32-39(30)49-41(47-32)35-15-9-22(2)52(35)42(54)38(24(4)60-6)51-45(58)61-7/h10-11,13-14,17-20,22-24,28,34-35,37-38,50H,8-9,12,15-16,21H2,1-7H3,(H,46,48)(H,47,49)(H,51,58)(H,56,57)/t22-,23+,24+,28-,34-,35-,37-,38-/m0/s1. The first-order valence-corrected chi connectivity index (χ1v) is 21.2. The molecule has 328 valence electrons. The van der Waals surface area contributed by atoms with Gasteiger partial charge in [-0.1, -0.05) is 25.1 Å². The maximum Gasteiger partial charge on any atom is 0.407 e. The third-order valence-electron chi connectivity index (χ3n) is 13.0. The lowest BCUT2D eigenvalue weighted by Crippen LogP contribution is -2.55. The average Bonchev–Trinajstić information content (AvgIpc) is 4.11. The van der Waals surface area contributed by atoms with Crippen LogP contribution < -0.4 is 15.4 Å². The number of amides is 4. The topological polar surface area (TPSA) is 213 Å². The molecule has 5 N–H and O–H groups in total. The fourth-order valence-electron chi connectivity index (χ4n) is 9.47. The van der Waals surface area contributed by atoms with Gasteiger partial charge in [0.1, 0.15) is 36.1 Å². The van der Waals surface area contributed by atoms with E-state index in [1.54, 1.807) is 29.8 Å². The number of imidazole rings is 2. The normalized spacial score (nSPS) is 21.5. The maximum absolute atomic E-state index is 14.0. The van der Waals surface area contributed by atoms with E-state index in [1.165, 1.54) is 21.3 Å². The predicted octanol–water partition coefficient (Wildman–Crippen LogP) is 6.59. The first-order chi connectivity index (χ1) is 29.8. The van der Waals surface area contributed by atoms with E-state index in [2.05, 4.69) is 44.9 Å². The number of alkyl carbamates (subject to hydrolysis) is 1. The van der Waals surface area contributed by atoms with Crippen LogP contribution in [0, 0.1) is 0 Å². The Kier molecular flexibility index (Phi) is 11.8. The molecule has 2 saturated heterocycles. The number of carbonyl (C=O) groups excluding carboxylic acids is 3. The molecule has 0 spiro atoms. The molecule has 62 heavy (non-hydrogen) atoms. The summed E-state index contributed by atoms with van der Waals surface area (Å²) < 4.78 is 22.1. The van der Waals surface area contributed by atoms with Crippen LogP contribution in [0.1, 0.15) is 89.1 Å². The summed E-state index contributed by atoms with van der Waals surface area (Å²) >= 11 is 0. The predicted molar refractivity (Wildman–Crippen MR) is 229 cm³/mol. The van der Waals surface area contributed by atoms with Gasteiger partial charge >= 0.3 is 12.2 Å². The highest BCUT2D eigenvalue weighted by Gasteiger charge is 2.44. The third-order valence-corrected chi connectivity index (χ3v) is 13.0. The SMILES string of the molecule is CC[C@H]1CC[C@@H](c2ncc(-c3ccc4c(c3)COc3cc5c(ccc6[nH]c([C@@H]7CC[C@H](C)N7C(=O)[C@@H](NC(=O)OC)[C@@H](C)OC)nc65)cc3-4)[nH]2)N1C(=O)[C@@H](NC(=O)O)[C@@H](C)OC. The van der Waals surface area contributed by atoms with Gasteiger partial charge in [-0.15, -0.1) is 0 Å². The molecule has 0 aliphatic carbocycles. The lowest BCUT2D eigenvalue weighted by Gasteiger charge is -2.34. The van der Waals surface area contributed by atoms with Crippen molar-refractivity contribution in [2.75, 3.05) is 21.3 Å². The molecule has 17 nitrogen and oxygen atoms in total. The largest absolute Gasteiger partial charge is 0.488 e. The van der Waals surface area contributed by atoms with E-state index < -0.39 is 36.5 Å². The van der Waals surface area contributed by atoms with Crippen LogP contribution in [0.15, 0.2) is 48.7 Å². The van der Waals surface area contributed by atoms with Gasteiger partial charge in [-0.2, -0.15) is 0 Å². The number of rotatable bonds is 12. The van der Waals surface area contributed by atoms with Crippen LogP contribution in [0.2, 0.25) is 0 Å². The van der Waals surface area contributed by atoms with E-state index in [4.69, 9.17) is 28.9 Å². The van der Waals surface area contributed by atoms with Gasteiger partial charge in [-0.05, 0) is 99.2 Å². The van der Waals surface area contributed by atoms with Crippen LogP contribution >= 0.6 is 0 Å². The Labute approximate surface area is 358 Å². The smallest absolute Gasteiger partial charge is 0.407 e. The van der Waals surface area contributed by atoms with Gasteiger partial charge in [0.2, 0.25) is 11.8 Å². The van der Waals surface area contributed by atoms with Crippen molar-refractivity contribution in [2.24, 2.45) is 0 Å². The minimum Gasteiger partial charge on any atom is -0.488 e. The highest BCUT2D eigenvalue weighted by Crippen LogP contribution is 2.44. The molecule has 3 aromatic carbocycles. The Morgan fingerprint density at radius 3 is 2.29 bits per heavy atom. The Morgan fingerprint density at radius 1 is 0.871 bits per heavy atom. The van der Waals surface area contributed by atoms with Crippen molar-refractivity contribution in [3.8, 4) is 28.1 Å². The molecule has 0 unspecified atom stereocenters. The minimum absolute atomic E-state index is 0.0647. The number of aromatic amines is 2. The van der Waals surface area contributed by atoms with Gasteiger partial charge in [0.25, 0.3) is 0 Å². The summed E-state index contributed by atoms with van der Waals surface area (Å²) in [5, 5.41) is 16.4. The number of ether oxygens (including phenoxy) is 4. The minimum atomic E-state index is -1.29. The first-order valence-electron chi connectivity index (χ1n) is 21.2. The van der Waals surface area contributed by atoms with Gasteiger partial charge < -0.3 is 54.5 Å². The number of methoxy groups -OCH3 is 3. The molecule has 2 fully saturated rings. The van der Waals surface area contributed by atoms with Crippen molar-refractivity contribution >= 4 is 45.8 Å². The third kappa shape index (κ3) is 7.67. The molecule has 0 radical (unpaired) electrons. The Balaban J connectivity index is 1.05. The van der Waals surface area contributed by atoms with Gasteiger partial charge in [0.05, 0.1) is 54.3 Å². The quantitative estimate of drug-likeness (QED) is 0.0903. The number of nitrogens with one attached hydrogen (secondary N) is 4. The van der Waals surface area contributed by atoms with Crippen molar-refractivity contribution in [3.63, 3.8) is 0 Å². The molecule has 17 heteroatoms. The average molecular weight is 851 g/mol. The van der Waals surface area contributed by atoms with Crippen LogP contribution in [-0.2, 0) is 30.4 Å². The van der Waals surface area contributed by atoms with Gasteiger partial charge in [0.15, 0.2) is 0 Å². The van der Waals surface area contributed by atoms with Crippen LogP contribution in [0.25, 0.3) is 44.2 Å². The van der Waals surface area contributed by atoms with Gasteiger partial charge in [0, 0.05) is 37.3 Å². The van der Waals surface area contributed by atoms with Crippen molar-refractivity contribution in [1.29, 1.82) is 0 Å². The molecule has 2 aromatic heterocycles. The summed E-state index contributed by atoms with van der Waals surface area (Å²) in [6.45, 7) is 7.78. The fraction of sp³-hybridized carbons (Fsp3) is 0.467. The number of hydrogen-bond donors (Lipinski definition) is 5. The lowest BCUT2D eigenvalue weighted by atomic mass is 9.92. The summed E-state index contributed by atoms with van der Waals surface area (Å²) in [5.41, 5.74) is 6.35. The van der Waals surface area contributed by atoms with E-state index >= 15 is 0 Å². The van der Waals surface area contributed by atoms with E-state index in [0.29, 0.717) is 31.1 Å². The Morgan fingerprint density at radius 2 is 1.58 bits per heavy atom. The Hall–Kier alpha value is -6.20. The van der Waals surface area contributed by atoms with Gasteiger partial charge in [-0.3, -0.25) is 9.59 Å². The number of carbonyl (C=O) groups is 4. The zero-order valence-electron chi connectivity index (χ0n) is 36.0. The molecular weight excluding hydrogens is 797 g/mol. The summed E-state index contributed by atoms with van der Waals surface area (Å²) in [6, 6.07) is 11.6. The number of benzene rings is 3. The molecule has 5 heterocycles. The van der Waals surface area contributed by atoms with E-state index in [-0.39, 0.29) is 36.0 Å². The zero-order chi connectivity index (χ0) is 44.0. The molecule has 3 aliphatic heterocycles. The van der Waals surface area contributed by atoms with Crippen LogP contribution in [0.5, 0.6) is 5.75 Å². The molecule has 5 aromatic rings. The van der Waals surface area contributed by atoms with Crippen molar-refractivity contribution in [1.82, 2.24) is 40.4 Å². The van der Waals surface area contributed by atoms with E-state index in [9.17, 15) is 24.3 Å². The van der Waals surface area contributed by atoms with Gasteiger partial charge in [-0.25, -0.2) is 19.6 Å². The number of likely N-dealkylation sites (tertiary alicyclic amines) is 2. The fourth-order valence-corrected chi connectivity index (χ4v) is 9.47. The number of fused-ring (bicyclic) bond motifs is 6. The highest BCUT2D eigenvalue weighted by molar-refractivity contribution is 6.07. The van der Waals surface area contributed by atoms with Crippen LogP contribution in [0.3, 0.4) is 0 Å². The molecule has 0 saturated carbocycles. The second-order valence-electron chi connectivity index (χ2n) is 16.5. The lowest BCUT2D eigenvalue weighted by molar-refractivity contribution is -0.140. The number of nitrogens with zero attached hydrogens (tertiary/aromatic N) is 4. The zero-order valence-corrected chi connectivity index (χ0v) is 36.0. The molecule has 8 atom stereocenters. The molecule has 4 amide bonds. The molecular formula is C45H54N8O9. The number of H-pyrrole nitrogens is 2. The highest BCUT2D eigenvalue weighted by atomic mass is 16.5. The van der Waals surface area contributed by atoms with Crippen molar-refractivity contribution in [3.05, 3.63) is 65.9 Å². The Bertz CT molecular complexity index is 2520. The number of aromatic nitrogens is 4. The second kappa shape index (κ2) is 17.3. The van der Waals surface area contributed by atoms with Crippen molar-refractivity contribution in [2.45, 2.75) is 115 Å². The summed E-state index contributed by atoms with van der Waals surface area (Å²) in [5.74, 6) is 1.45. The number of carboxylic acid groups (broad SMARTS) is 1. The first kappa shape index (κ1) is 42.5. The second-order valence-corrected chi connectivity index (χ2v) is 16.5. The summed E-state index contributed by atoms with van der Waals surface area (Å²) in [4.78, 5) is 72.2. The number of hydrogen-bond acceptors (Lipinski definition) is 10. The molecule has 0 bridgehead atoms. The van der Waals surface area contributed by atoms with E-state index in [0.717, 1.165) is 74.8 Å². The van der Waals surface area contributed by atoms with Crippen LogP contribution in [0.4, 0.5) is 9.59 Å². The summed E-state index contributed by atoms with van der Waals surface area (Å²) in [7, 11) is 4.21. The van der Waals surface area contributed by atoms with E-state index in [1.807, 2.05) is 32.0 Å². The van der Waals surface area contributed by atoms with Crippen molar-refractivity contribution < 1.29 is 43.2 Å². The molecule has 8 rings (SSSR count). The summed E-state index contributed by atoms with van der Waals surface area (Å²) in [6.07, 6.45) is 2.19.